The molecule has 0 bridgehead atoms. The number of para-hydroxylation sites is 1. The van der Waals surface area contributed by atoms with Gasteiger partial charge in [-0.15, -0.1) is 0 Å². The van der Waals surface area contributed by atoms with Crippen molar-refractivity contribution in [1.82, 2.24) is 4.98 Å². The topological polar surface area (TPSA) is 12.9 Å². The number of aromatic nitrogens is 1. The summed E-state index contributed by atoms with van der Waals surface area (Å²) >= 11 is 3.51. The third-order valence-electron chi connectivity index (χ3n) is 4.67. The molecule has 0 saturated heterocycles. The summed E-state index contributed by atoms with van der Waals surface area (Å²) in [4.78, 5) is 4.95. The number of halogens is 1. The van der Waals surface area contributed by atoms with Crippen molar-refractivity contribution in [2.75, 3.05) is 0 Å². The molecule has 1 nitrogen and oxygen atoms in total. The summed E-state index contributed by atoms with van der Waals surface area (Å²) in [6, 6.07) is 27.5. The molecule has 118 valence electrons. The van der Waals surface area contributed by atoms with Crippen LogP contribution in [0.15, 0.2) is 83.3 Å². The van der Waals surface area contributed by atoms with E-state index in [0.717, 1.165) is 15.7 Å². The lowest BCUT2D eigenvalue weighted by molar-refractivity contribution is 1.40. The summed E-state index contributed by atoms with van der Waals surface area (Å²) in [5.41, 5.74) is 8.23. The van der Waals surface area contributed by atoms with E-state index < -0.39 is 0 Å². The second-order valence-corrected chi connectivity index (χ2v) is 7.15. The molecule has 1 aliphatic carbocycles. The minimum atomic E-state index is 1.04. The van der Waals surface area contributed by atoms with Crippen LogP contribution in [0.2, 0.25) is 0 Å². The van der Waals surface area contributed by atoms with Crippen LogP contribution >= 0.6 is 15.9 Å². The molecule has 0 radical (unpaired) electrons. The Morgan fingerprint density at radius 2 is 1.44 bits per heavy atom. The summed E-state index contributed by atoms with van der Waals surface area (Å²) < 4.78 is 1.09. The number of hydrogen-bond donors (Lipinski definition) is 0. The highest BCUT2D eigenvalue weighted by Crippen LogP contribution is 2.44. The van der Waals surface area contributed by atoms with Crippen molar-refractivity contribution in [3.63, 3.8) is 0 Å². The normalized spacial score (nSPS) is 13.9. The molecule has 0 fully saturated rings. The summed E-state index contributed by atoms with van der Waals surface area (Å²) in [5.74, 6) is 0. The summed E-state index contributed by atoms with van der Waals surface area (Å²) in [6.45, 7) is 0. The monoisotopic (exact) mass is 383 g/mol. The lowest BCUT2D eigenvalue weighted by Crippen LogP contribution is -1.87. The van der Waals surface area contributed by atoms with Gasteiger partial charge in [-0.1, -0.05) is 70.5 Å². The average molecular weight is 384 g/mol. The minimum absolute atomic E-state index is 1.04. The van der Waals surface area contributed by atoms with Crippen LogP contribution in [0.4, 0.5) is 0 Å². The van der Waals surface area contributed by atoms with Crippen LogP contribution in [0.25, 0.3) is 33.8 Å². The van der Waals surface area contributed by atoms with E-state index in [0.29, 0.717) is 0 Å². The maximum absolute atomic E-state index is 4.95. The average Bonchev–Trinajstić information content (AvgIpc) is 2.95. The van der Waals surface area contributed by atoms with Crippen LogP contribution in [0.3, 0.4) is 0 Å². The minimum Gasteiger partial charge on any atom is -0.247 e. The Bertz CT molecular complexity index is 1140. The van der Waals surface area contributed by atoms with Crippen LogP contribution in [-0.2, 0) is 0 Å². The van der Waals surface area contributed by atoms with Gasteiger partial charge < -0.3 is 0 Å². The lowest BCUT2D eigenvalue weighted by Gasteiger charge is -2.05. The van der Waals surface area contributed by atoms with Gasteiger partial charge in [-0.05, 0) is 47.0 Å². The third-order valence-corrected chi connectivity index (χ3v) is 5.20. The number of hydrogen-bond acceptors (Lipinski definition) is 1. The Labute approximate surface area is 154 Å². The van der Waals surface area contributed by atoms with Crippen LogP contribution in [0.5, 0.6) is 0 Å². The zero-order chi connectivity index (χ0) is 16.8. The third kappa shape index (κ3) is 2.41. The van der Waals surface area contributed by atoms with Gasteiger partial charge in [0.2, 0.25) is 0 Å². The maximum Gasteiger partial charge on any atom is 0.0794 e. The molecule has 5 rings (SSSR count). The van der Waals surface area contributed by atoms with E-state index in [1.54, 1.807) is 0 Å². The van der Waals surface area contributed by atoms with E-state index in [1.807, 2.05) is 6.07 Å². The predicted octanol–water partition coefficient (Wildman–Crippen LogP) is 6.57. The first-order valence-corrected chi connectivity index (χ1v) is 9.06. The van der Waals surface area contributed by atoms with Crippen molar-refractivity contribution >= 4 is 38.5 Å². The van der Waals surface area contributed by atoms with E-state index >= 15 is 0 Å². The first kappa shape index (κ1) is 14.6. The predicted molar refractivity (Wildman–Crippen MR) is 108 cm³/mol. The Morgan fingerprint density at radius 1 is 0.720 bits per heavy atom. The molecule has 3 aromatic carbocycles. The zero-order valence-electron chi connectivity index (χ0n) is 13.4. The molecule has 0 spiro atoms. The van der Waals surface area contributed by atoms with Crippen molar-refractivity contribution in [3.8, 4) is 11.3 Å². The van der Waals surface area contributed by atoms with Gasteiger partial charge in [0, 0.05) is 21.0 Å². The first-order valence-electron chi connectivity index (χ1n) is 8.27. The standard InChI is InChI=1S/C23H14BrN/c24-17-11-9-15(10-12-17)13-20-18-6-2-3-7-19(18)23-21(20)14-16-5-1-4-8-22(16)25-23/h1-14H. The van der Waals surface area contributed by atoms with Gasteiger partial charge in [0.15, 0.2) is 0 Å². The molecule has 1 aromatic heterocycles. The molecular formula is C23H14BrN. The van der Waals surface area contributed by atoms with Gasteiger partial charge in [0.25, 0.3) is 0 Å². The second-order valence-electron chi connectivity index (χ2n) is 6.23. The number of nitrogens with zero attached hydrogens (tertiary/aromatic N) is 1. The largest absolute Gasteiger partial charge is 0.247 e. The molecule has 0 N–H and O–H groups in total. The molecule has 4 aromatic rings. The Balaban J connectivity index is 1.80. The number of fused-ring (bicyclic) bond motifs is 4. The van der Waals surface area contributed by atoms with Crippen molar-refractivity contribution in [2.24, 2.45) is 0 Å². The molecular weight excluding hydrogens is 370 g/mol. The molecule has 2 heteroatoms. The fourth-order valence-electron chi connectivity index (χ4n) is 3.48. The highest BCUT2D eigenvalue weighted by Gasteiger charge is 2.24. The summed E-state index contributed by atoms with van der Waals surface area (Å²) in [7, 11) is 0. The first-order chi connectivity index (χ1) is 12.3. The molecule has 1 heterocycles. The van der Waals surface area contributed by atoms with Crippen LogP contribution in [0, 0.1) is 0 Å². The van der Waals surface area contributed by atoms with Crippen molar-refractivity contribution < 1.29 is 0 Å². The van der Waals surface area contributed by atoms with E-state index in [2.05, 4.69) is 94.8 Å². The molecule has 0 saturated carbocycles. The Kier molecular flexibility index (Phi) is 3.32. The fraction of sp³-hybridized carbons (Fsp3) is 0. The molecule has 25 heavy (non-hydrogen) atoms. The van der Waals surface area contributed by atoms with E-state index in [-0.39, 0.29) is 0 Å². The van der Waals surface area contributed by atoms with Crippen LogP contribution in [-0.4, -0.2) is 4.98 Å². The quantitative estimate of drug-likeness (QED) is 0.319. The lowest BCUT2D eigenvalue weighted by atomic mass is 10.0. The highest BCUT2D eigenvalue weighted by molar-refractivity contribution is 9.10. The van der Waals surface area contributed by atoms with Crippen LogP contribution < -0.4 is 0 Å². The molecule has 0 unspecified atom stereocenters. The van der Waals surface area contributed by atoms with Gasteiger partial charge >= 0.3 is 0 Å². The van der Waals surface area contributed by atoms with Gasteiger partial charge in [-0.25, -0.2) is 4.98 Å². The zero-order valence-corrected chi connectivity index (χ0v) is 15.0. The van der Waals surface area contributed by atoms with E-state index in [4.69, 9.17) is 4.98 Å². The molecule has 0 aliphatic heterocycles. The second kappa shape index (κ2) is 5.68. The van der Waals surface area contributed by atoms with E-state index in [1.165, 1.54) is 33.2 Å². The smallest absolute Gasteiger partial charge is 0.0794 e. The Morgan fingerprint density at radius 3 is 2.28 bits per heavy atom. The van der Waals surface area contributed by atoms with Crippen molar-refractivity contribution in [3.05, 3.63) is 100 Å². The maximum atomic E-state index is 4.95. The van der Waals surface area contributed by atoms with Gasteiger partial charge in [0.05, 0.1) is 11.2 Å². The van der Waals surface area contributed by atoms with Gasteiger partial charge in [-0.2, -0.15) is 0 Å². The van der Waals surface area contributed by atoms with Gasteiger partial charge in [-0.3, -0.25) is 0 Å². The molecule has 0 atom stereocenters. The highest BCUT2D eigenvalue weighted by atomic mass is 79.9. The number of rotatable bonds is 1. The van der Waals surface area contributed by atoms with Gasteiger partial charge in [0.1, 0.15) is 0 Å². The molecule has 0 amide bonds. The number of pyridine rings is 1. The SMILES string of the molecule is Brc1ccc(C=C2c3ccccc3-c3nc4ccccc4cc32)cc1. The number of benzene rings is 3. The Hall–Kier alpha value is -2.71. The van der Waals surface area contributed by atoms with Crippen LogP contribution in [0.1, 0.15) is 16.7 Å². The van der Waals surface area contributed by atoms with E-state index in [9.17, 15) is 0 Å². The summed E-state index contributed by atoms with van der Waals surface area (Å²) in [5, 5.41) is 1.18. The van der Waals surface area contributed by atoms with Crippen molar-refractivity contribution in [1.29, 1.82) is 0 Å². The fourth-order valence-corrected chi connectivity index (χ4v) is 3.74. The molecule has 1 aliphatic rings. The van der Waals surface area contributed by atoms with Crippen molar-refractivity contribution in [2.45, 2.75) is 0 Å². The summed E-state index contributed by atoms with van der Waals surface area (Å²) in [6.07, 6.45) is 2.26.